The highest BCUT2D eigenvalue weighted by Gasteiger charge is 2.46. The van der Waals surface area contributed by atoms with E-state index in [0.717, 1.165) is 27.6 Å². The molecule has 2 aliphatic rings. The van der Waals surface area contributed by atoms with E-state index in [1.165, 1.54) is 117 Å². The van der Waals surface area contributed by atoms with Gasteiger partial charge in [0.15, 0.2) is 0 Å². The van der Waals surface area contributed by atoms with Gasteiger partial charge in [-0.25, -0.2) is 0 Å². The first-order valence-electron chi connectivity index (χ1n) is 25.3. The lowest BCUT2D eigenvalue weighted by Gasteiger charge is -2.46. The number of hydrogen-bond acceptors (Lipinski definition) is 3. The summed E-state index contributed by atoms with van der Waals surface area (Å²) >= 11 is 0. The van der Waals surface area contributed by atoms with E-state index < -0.39 is 0 Å². The highest BCUT2D eigenvalue weighted by atomic mass is 16.3. The zero-order valence-electron chi connectivity index (χ0n) is 42.5. The monoisotopic (exact) mass is 919 g/mol. The van der Waals surface area contributed by atoms with Crippen molar-refractivity contribution in [2.75, 3.05) is 9.80 Å². The second-order valence-corrected chi connectivity index (χ2v) is 22.4. The number of para-hydroxylation sites is 4. The first-order chi connectivity index (χ1) is 34.2. The van der Waals surface area contributed by atoms with Gasteiger partial charge in [0.1, 0.15) is 11.2 Å². The minimum atomic E-state index is -0.153. The molecule has 0 atom stereocenters. The maximum Gasteiger partial charge on any atom is 0.252 e. The van der Waals surface area contributed by atoms with Gasteiger partial charge in [-0.05, 0) is 166 Å². The Labute approximate surface area is 417 Å². The average Bonchev–Trinajstić information content (AvgIpc) is 3.89. The third-order valence-corrected chi connectivity index (χ3v) is 15.7. The number of hydrogen-bond donors (Lipinski definition) is 0. The Hall–Kier alpha value is -7.76. The Morgan fingerprint density at radius 2 is 1.01 bits per heavy atom. The van der Waals surface area contributed by atoms with E-state index in [1.54, 1.807) is 0 Å². The predicted molar refractivity (Wildman–Crippen MR) is 304 cm³/mol. The van der Waals surface area contributed by atoms with Crippen LogP contribution in [0, 0.1) is 27.7 Å². The predicted octanol–water partition coefficient (Wildman–Crippen LogP) is 16.3. The van der Waals surface area contributed by atoms with Crippen LogP contribution in [0.25, 0.3) is 60.6 Å². The maximum atomic E-state index is 6.44. The molecular weight excluding hydrogens is 862 g/mol. The van der Waals surface area contributed by atoms with Crippen LogP contribution < -0.4 is 26.2 Å². The van der Waals surface area contributed by atoms with E-state index in [1.807, 2.05) is 0 Å². The second-order valence-electron chi connectivity index (χ2n) is 22.4. The zero-order valence-corrected chi connectivity index (χ0v) is 42.5. The van der Waals surface area contributed by atoms with Crippen LogP contribution in [0.3, 0.4) is 0 Å². The van der Waals surface area contributed by atoms with E-state index in [2.05, 4.69) is 253 Å². The van der Waals surface area contributed by atoms with E-state index >= 15 is 0 Å². The number of aryl methyl sites for hydroxylation is 4. The van der Waals surface area contributed by atoms with Crippen LogP contribution in [-0.2, 0) is 10.8 Å². The minimum absolute atomic E-state index is 0.0479. The van der Waals surface area contributed by atoms with Crippen molar-refractivity contribution in [2.45, 2.75) is 80.1 Å². The Balaban J connectivity index is 1.18. The van der Waals surface area contributed by atoms with Gasteiger partial charge in [0.05, 0.1) is 22.4 Å². The molecule has 4 nitrogen and oxygen atoms in total. The van der Waals surface area contributed by atoms with Gasteiger partial charge in [0.2, 0.25) is 0 Å². The number of nitrogens with zero attached hydrogens (tertiary/aromatic N) is 3. The molecule has 2 aliphatic heterocycles. The van der Waals surface area contributed by atoms with E-state index in [9.17, 15) is 0 Å². The fourth-order valence-electron chi connectivity index (χ4n) is 12.3. The van der Waals surface area contributed by atoms with Crippen molar-refractivity contribution in [2.24, 2.45) is 0 Å². The lowest BCUT2D eigenvalue weighted by Crippen LogP contribution is -2.61. The van der Waals surface area contributed by atoms with Gasteiger partial charge >= 0.3 is 0 Å². The Morgan fingerprint density at radius 3 is 1.72 bits per heavy atom. The SMILES string of the molecule is Cc1cccc(C)c1N1c2ccc(C(C)(C)C)cc2B2c3cc4c5ccccc5n(-c5ccccc5)c4cc3N(c3c(C)cc(-c4cccc5oc6ccccc6c45)cc3C)c3cc(C(C)(C)C)cc1c32. The van der Waals surface area contributed by atoms with Crippen molar-refractivity contribution < 1.29 is 4.42 Å². The molecule has 0 saturated heterocycles. The van der Waals surface area contributed by atoms with Gasteiger partial charge in [-0.1, -0.05) is 145 Å². The lowest BCUT2D eigenvalue weighted by atomic mass is 9.33. The van der Waals surface area contributed by atoms with Crippen LogP contribution in [-0.4, -0.2) is 11.3 Å². The van der Waals surface area contributed by atoms with Crippen LogP contribution >= 0.6 is 0 Å². The standard InChI is InChI=1S/C66H58BN3O/c1-39-20-18-21-40(2)63(39)69-54-31-30-44(65(5,6)7)34-51(54)67-52-37-50-48-24-14-16-27-53(48)68(46-22-12-11-13-23-46)55(50)38-56(52)70(58-36-45(66(8,9)10)35-57(69)62(58)67)64-41(3)32-43(33-42(64)4)47-26-19-29-60-61(47)49-25-15-17-28-59(49)71-60/h11-38H,1-10H3. The van der Waals surface area contributed by atoms with E-state index in [-0.39, 0.29) is 17.5 Å². The molecule has 0 bridgehead atoms. The van der Waals surface area contributed by atoms with E-state index in [4.69, 9.17) is 4.42 Å². The topological polar surface area (TPSA) is 24.6 Å². The first-order valence-corrected chi connectivity index (χ1v) is 25.3. The summed E-state index contributed by atoms with van der Waals surface area (Å²) < 4.78 is 8.91. The van der Waals surface area contributed by atoms with E-state index in [0.29, 0.717) is 0 Å². The van der Waals surface area contributed by atoms with Crippen LogP contribution in [0.4, 0.5) is 34.1 Å². The summed E-state index contributed by atoms with van der Waals surface area (Å²) in [4.78, 5) is 5.29. The summed E-state index contributed by atoms with van der Waals surface area (Å²) in [5.41, 5.74) is 26.5. The summed E-state index contributed by atoms with van der Waals surface area (Å²) in [7, 11) is 0. The third-order valence-electron chi connectivity index (χ3n) is 15.7. The molecule has 0 spiro atoms. The molecule has 71 heavy (non-hydrogen) atoms. The molecule has 2 aromatic heterocycles. The highest BCUT2D eigenvalue weighted by molar-refractivity contribution is 7.00. The average molecular weight is 920 g/mol. The molecule has 0 saturated carbocycles. The van der Waals surface area contributed by atoms with Crippen LogP contribution in [0.2, 0.25) is 0 Å². The largest absolute Gasteiger partial charge is 0.456 e. The van der Waals surface area contributed by atoms with Crippen LogP contribution in [0.5, 0.6) is 0 Å². The van der Waals surface area contributed by atoms with Crippen LogP contribution in [0.15, 0.2) is 174 Å². The smallest absolute Gasteiger partial charge is 0.252 e. The van der Waals surface area contributed by atoms with Crippen molar-refractivity contribution in [1.29, 1.82) is 0 Å². The highest BCUT2D eigenvalue weighted by Crippen LogP contribution is 2.51. The summed E-state index contributed by atoms with van der Waals surface area (Å²) in [5.74, 6) is 0. The van der Waals surface area contributed by atoms with Gasteiger partial charge in [-0.15, -0.1) is 0 Å². The summed E-state index contributed by atoms with van der Waals surface area (Å²) in [6.07, 6.45) is 0. The molecule has 4 heterocycles. The number of rotatable bonds is 4. The molecule has 0 radical (unpaired) electrons. The van der Waals surface area contributed by atoms with Gasteiger partial charge in [-0.3, -0.25) is 0 Å². The minimum Gasteiger partial charge on any atom is -0.456 e. The fraction of sp³-hybridized carbons (Fsp3) is 0.182. The molecule has 11 aromatic rings. The molecule has 0 unspecified atom stereocenters. The number of benzene rings is 9. The molecule has 9 aromatic carbocycles. The molecule has 13 rings (SSSR count). The quantitative estimate of drug-likeness (QED) is 0.164. The number of aromatic nitrogens is 1. The number of furan rings is 1. The molecule has 5 heteroatoms. The Bertz CT molecular complexity index is 3980. The summed E-state index contributed by atoms with van der Waals surface area (Å²) in [6, 6.07) is 63.9. The molecular formula is C66H58BN3O. The maximum absolute atomic E-state index is 6.44. The molecule has 0 aliphatic carbocycles. The van der Waals surface area contributed by atoms with Crippen molar-refractivity contribution in [3.05, 3.63) is 203 Å². The third kappa shape index (κ3) is 6.44. The Morgan fingerprint density at radius 1 is 0.423 bits per heavy atom. The lowest BCUT2D eigenvalue weighted by molar-refractivity contribution is 0.590. The summed E-state index contributed by atoms with van der Waals surface area (Å²) in [5, 5.41) is 4.81. The van der Waals surface area contributed by atoms with Crippen molar-refractivity contribution >= 4 is 101 Å². The zero-order chi connectivity index (χ0) is 48.8. The number of fused-ring (bicyclic) bond motifs is 10. The van der Waals surface area contributed by atoms with Gasteiger partial charge in [0, 0.05) is 50.0 Å². The second kappa shape index (κ2) is 15.4. The molecule has 0 fully saturated rings. The molecule has 0 N–H and O–H groups in total. The molecule has 0 amide bonds. The van der Waals surface area contributed by atoms with Crippen LogP contribution in [0.1, 0.15) is 74.9 Å². The Kier molecular flexibility index (Phi) is 9.37. The normalized spacial score (nSPS) is 13.4. The first kappa shape index (κ1) is 43.3. The van der Waals surface area contributed by atoms with Crippen molar-refractivity contribution in [3.8, 4) is 16.8 Å². The fourth-order valence-corrected chi connectivity index (χ4v) is 12.3. The van der Waals surface area contributed by atoms with Crippen molar-refractivity contribution in [3.63, 3.8) is 0 Å². The van der Waals surface area contributed by atoms with Gasteiger partial charge in [-0.2, -0.15) is 0 Å². The number of anilines is 6. The van der Waals surface area contributed by atoms with Gasteiger partial charge < -0.3 is 18.8 Å². The van der Waals surface area contributed by atoms with Crippen molar-refractivity contribution in [1.82, 2.24) is 4.57 Å². The molecule has 346 valence electrons. The van der Waals surface area contributed by atoms with Gasteiger partial charge in [0.25, 0.3) is 6.71 Å². The summed E-state index contributed by atoms with van der Waals surface area (Å²) in [6.45, 7) is 23.3.